The van der Waals surface area contributed by atoms with Crippen LogP contribution in [0.4, 0.5) is 0 Å². The van der Waals surface area contributed by atoms with Gasteiger partial charge in [-0.25, -0.2) is 0 Å². The molecule has 1 atom stereocenters. The van der Waals surface area contributed by atoms with E-state index in [1.165, 1.54) is 5.56 Å². The first-order chi connectivity index (χ1) is 15.2. The summed E-state index contributed by atoms with van der Waals surface area (Å²) in [5, 5.41) is 4.18. The van der Waals surface area contributed by atoms with Gasteiger partial charge in [0.1, 0.15) is 5.75 Å². The second kappa shape index (κ2) is 9.26. The van der Waals surface area contributed by atoms with Crippen LogP contribution in [0, 0.1) is 0 Å². The highest BCUT2D eigenvalue weighted by atomic mass is 16.5. The van der Waals surface area contributed by atoms with Crippen LogP contribution < -0.4 is 18.9 Å². The van der Waals surface area contributed by atoms with Crippen molar-refractivity contribution in [2.75, 3.05) is 35.0 Å². The molecule has 0 unspecified atom stereocenters. The number of ether oxygens (including phenoxy) is 4. The van der Waals surface area contributed by atoms with E-state index < -0.39 is 0 Å². The molecule has 1 aliphatic heterocycles. The van der Waals surface area contributed by atoms with Gasteiger partial charge in [-0.3, -0.25) is 4.90 Å². The minimum Gasteiger partial charge on any atom is -0.497 e. The summed E-state index contributed by atoms with van der Waals surface area (Å²) >= 11 is 0. The zero-order valence-electron chi connectivity index (χ0n) is 18.3. The maximum absolute atomic E-state index is 5.58. The van der Waals surface area contributed by atoms with Crippen LogP contribution in [0.2, 0.25) is 0 Å². The lowest BCUT2D eigenvalue weighted by atomic mass is 10.0. The van der Waals surface area contributed by atoms with Crippen molar-refractivity contribution in [3.8, 4) is 34.4 Å². The summed E-state index contributed by atoms with van der Waals surface area (Å²) in [6.07, 6.45) is 2.20. The maximum Gasteiger partial charge on any atom is 0.241 e. The molecule has 0 amide bonds. The van der Waals surface area contributed by atoms with Crippen molar-refractivity contribution in [2.45, 2.75) is 25.4 Å². The van der Waals surface area contributed by atoms with Gasteiger partial charge in [0, 0.05) is 6.04 Å². The number of hydrogen-bond acceptors (Lipinski definition) is 8. The quantitative estimate of drug-likeness (QED) is 0.534. The fourth-order valence-electron chi connectivity index (χ4n) is 4.12. The lowest BCUT2D eigenvalue weighted by Gasteiger charge is -2.23. The molecule has 8 nitrogen and oxygen atoms in total. The molecule has 2 aromatic carbocycles. The summed E-state index contributed by atoms with van der Waals surface area (Å²) in [7, 11) is 6.41. The smallest absolute Gasteiger partial charge is 0.241 e. The number of likely N-dealkylation sites (tertiary alicyclic amines) is 1. The van der Waals surface area contributed by atoms with E-state index in [2.05, 4.69) is 27.2 Å². The standard InChI is InChI=1S/C23H27N3O5/c1-27-16-8-5-7-15(13-16)18-9-6-12-26(18)14-20-24-23(25-31-20)17-10-11-19(28-2)22(30-4)21(17)29-3/h5,7-8,10-11,13,18H,6,9,12,14H2,1-4H3/t18-/m1/s1. The van der Waals surface area contributed by atoms with Gasteiger partial charge in [0.15, 0.2) is 11.5 Å². The number of nitrogens with zero attached hydrogens (tertiary/aromatic N) is 3. The van der Waals surface area contributed by atoms with E-state index in [-0.39, 0.29) is 0 Å². The Morgan fingerprint density at radius 3 is 2.58 bits per heavy atom. The molecule has 1 aliphatic rings. The lowest BCUT2D eigenvalue weighted by Crippen LogP contribution is -2.23. The molecule has 3 aromatic rings. The Kier molecular flexibility index (Phi) is 6.27. The predicted molar refractivity (Wildman–Crippen MR) is 115 cm³/mol. The highest BCUT2D eigenvalue weighted by molar-refractivity contribution is 5.72. The van der Waals surface area contributed by atoms with Gasteiger partial charge in [-0.2, -0.15) is 4.98 Å². The molecule has 0 bridgehead atoms. The van der Waals surface area contributed by atoms with Crippen molar-refractivity contribution < 1.29 is 23.5 Å². The second-order valence-corrected chi connectivity index (χ2v) is 7.30. The fourth-order valence-corrected chi connectivity index (χ4v) is 4.12. The molecule has 0 N–H and O–H groups in total. The van der Waals surface area contributed by atoms with Gasteiger partial charge in [-0.1, -0.05) is 17.3 Å². The summed E-state index contributed by atoms with van der Waals surface area (Å²) in [4.78, 5) is 6.98. The van der Waals surface area contributed by atoms with Crippen molar-refractivity contribution in [1.82, 2.24) is 15.0 Å². The van der Waals surface area contributed by atoms with E-state index >= 15 is 0 Å². The van der Waals surface area contributed by atoms with Crippen LogP contribution in [0.5, 0.6) is 23.0 Å². The van der Waals surface area contributed by atoms with Gasteiger partial charge in [-0.05, 0) is 49.2 Å². The third-order valence-corrected chi connectivity index (χ3v) is 5.59. The number of methoxy groups -OCH3 is 4. The topological polar surface area (TPSA) is 79.1 Å². The van der Waals surface area contributed by atoms with Gasteiger partial charge < -0.3 is 23.5 Å². The van der Waals surface area contributed by atoms with Crippen LogP contribution in [0.1, 0.15) is 30.3 Å². The lowest BCUT2D eigenvalue weighted by molar-refractivity contribution is 0.212. The molecule has 1 saturated heterocycles. The normalized spacial score (nSPS) is 16.3. The zero-order valence-corrected chi connectivity index (χ0v) is 18.3. The molecule has 0 radical (unpaired) electrons. The van der Waals surface area contributed by atoms with E-state index in [0.29, 0.717) is 47.1 Å². The first kappa shape index (κ1) is 21.0. The minimum atomic E-state index is 0.293. The summed E-state index contributed by atoms with van der Waals surface area (Å²) in [5.74, 6) is 3.44. The number of aromatic nitrogens is 2. The number of benzene rings is 2. The summed E-state index contributed by atoms with van der Waals surface area (Å²) in [6, 6.07) is 12.1. The van der Waals surface area contributed by atoms with Crippen molar-refractivity contribution in [2.24, 2.45) is 0 Å². The first-order valence-corrected chi connectivity index (χ1v) is 10.2. The van der Waals surface area contributed by atoms with E-state index in [9.17, 15) is 0 Å². The molecule has 0 aliphatic carbocycles. The van der Waals surface area contributed by atoms with E-state index in [1.807, 2.05) is 18.2 Å². The molecule has 8 heteroatoms. The van der Waals surface area contributed by atoms with E-state index in [1.54, 1.807) is 34.5 Å². The summed E-state index contributed by atoms with van der Waals surface area (Å²) < 4.78 is 27.3. The van der Waals surface area contributed by atoms with Crippen molar-refractivity contribution in [1.29, 1.82) is 0 Å². The van der Waals surface area contributed by atoms with E-state index in [4.69, 9.17) is 23.5 Å². The van der Waals surface area contributed by atoms with Crippen LogP contribution in [0.25, 0.3) is 11.4 Å². The molecule has 0 spiro atoms. The average molecular weight is 425 g/mol. The van der Waals surface area contributed by atoms with Crippen LogP contribution in [0.3, 0.4) is 0 Å². The van der Waals surface area contributed by atoms with Gasteiger partial charge in [-0.15, -0.1) is 0 Å². The Balaban J connectivity index is 1.57. The third kappa shape index (κ3) is 4.16. The van der Waals surface area contributed by atoms with E-state index in [0.717, 1.165) is 25.1 Å². The minimum absolute atomic E-state index is 0.293. The highest BCUT2D eigenvalue weighted by Crippen LogP contribution is 2.43. The van der Waals surface area contributed by atoms with Crippen LogP contribution in [0.15, 0.2) is 40.9 Å². The maximum atomic E-state index is 5.58. The Labute approximate surface area is 181 Å². The monoisotopic (exact) mass is 425 g/mol. The Hall–Kier alpha value is -3.26. The molecular formula is C23H27N3O5. The Bertz CT molecular complexity index is 1040. The zero-order chi connectivity index (χ0) is 21.8. The molecule has 0 saturated carbocycles. The van der Waals surface area contributed by atoms with Crippen LogP contribution >= 0.6 is 0 Å². The van der Waals surface area contributed by atoms with Gasteiger partial charge >= 0.3 is 0 Å². The highest BCUT2D eigenvalue weighted by Gasteiger charge is 2.28. The third-order valence-electron chi connectivity index (χ3n) is 5.59. The van der Waals surface area contributed by atoms with Crippen LogP contribution in [-0.4, -0.2) is 50.0 Å². The summed E-state index contributed by atoms with van der Waals surface area (Å²) in [5.41, 5.74) is 1.92. The fraction of sp³-hybridized carbons (Fsp3) is 0.391. The largest absolute Gasteiger partial charge is 0.497 e. The summed E-state index contributed by atoms with van der Waals surface area (Å²) in [6.45, 7) is 1.55. The number of rotatable bonds is 8. The van der Waals surface area contributed by atoms with Crippen molar-refractivity contribution in [3.63, 3.8) is 0 Å². The number of hydrogen-bond donors (Lipinski definition) is 0. The molecule has 4 rings (SSSR count). The molecule has 2 heterocycles. The SMILES string of the molecule is COc1cccc([C@H]2CCCN2Cc2nc(-c3ccc(OC)c(OC)c3OC)no2)c1. The molecule has 1 fully saturated rings. The van der Waals surface area contributed by atoms with Gasteiger partial charge in [0.05, 0.1) is 40.5 Å². The van der Waals surface area contributed by atoms with Crippen molar-refractivity contribution in [3.05, 3.63) is 47.9 Å². The first-order valence-electron chi connectivity index (χ1n) is 10.2. The predicted octanol–water partition coefficient (Wildman–Crippen LogP) is 4.11. The Morgan fingerprint density at radius 1 is 1.00 bits per heavy atom. The Morgan fingerprint density at radius 2 is 1.84 bits per heavy atom. The van der Waals surface area contributed by atoms with Crippen molar-refractivity contribution >= 4 is 0 Å². The van der Waals surface area contributed by atoms with Gasteiger partial charge in [0.25, 0.3) is 0 Å². The average Bonchev–Trinajstić information content (AvgIpc) is 3.47. The molecule has 164 valence electrons. The van der Waals surface area contributed by atoms with Gasteiger partial charge in [0.2, 0.25) is 17.5 Å². The molecule has 1 aromatic heterocycles. The molecular weight excluding hydrogens is 398 g/mol. The second-order valence-electron chi connectivity index (χ2n) is 7.30. The van der Waals surface area contributed by atoms with Crippen LogP contribution in [-0.2, 0) is 6.54 Å². The molecule has 31 heavy (non-hydrogen) atoms.